The summed E-state index contributed by atoms with van der Waals surface area (Å²) in [7, 11) is 1.83. The molecule has 0 aromatic rings. The number of alkyl halides is 1. The molecule has 1 saturated heterocycles. The third kappa shape index (κ3) is 4.56. The van der Waals surface area contributed by atoms with Gasteiger partial charge in [-0.2, -0.15) is 0 Å². The third-order valence-electron chi connectivity index (χ3n) is 5.64. The zero-order chi connectivity index (χ0) is 21.3. The number of cyclic esters (lactones) is 1. The number of hydrogen-bond acceptors (Lipinski definition) is 8. The lowest BCUT2D eigenvalue weighted by molar-refractivity contribution is -0.183. The number of likely N-dealkylation sites (N-methyl/N-ethyl adjacent to an activating group) is 1. The van der Waals surface area contributed by atoms with E-state index in [4.69, 9.17) is 21.1 Å². The van der Waals surface area contributed by atoms with Crippen molar-refractivity contribution in [3.05, 3.63) is 11.6 Å². The standard InChI is InChI=1S/C19H28ClNO7/c1-11-9-19(26,12(2)20)17(24)28-14-6-8-21(4)7-5-13(15(14)22)10-27-16(23)18(11,3)25/h5,11-12,14,25-26H,6-10H2,1-4H3/b13-5-/t11-,12?,14-,18-,19-/m1/s1. The van der Waals surface area contributed by atoms with E-state index < -0.39 is 46.3 Å². The Balaban J connectivity index is 2.50. The average molecular weight is 418 g/mol. The van der Waals surface area contributed by atoms with E-state index in [1.165, 1.54) is 20.8 Å². The van der Waals surface area contributed by atoms with Crippen molar-refractivity contribution in [1.29, 1.82) is 0 Å². The number of fused-ring (bicyclic) bond motifs is 2. The van der Waals surface area contributed by atoms with Gasteiger partial charge in [0, 0.05) is 25.1 Å². The molecular formula is C19H28ClNO7. The molecule has 8 nitrogen and oxygen atoms in total. The molecule has 5 atom stereocenters. The minimum atomic E-state index is -2.19. The fraction of sp³-hybridized carbons (Fsp3) is 0.737. The summed E-state index contributed by atoms with van der Waals surface area (Å²) in [6.45, 7) is 4.76. The van der Waals surface area contributed by atoms with Gasteiger partial charge in [0.2, 0.25) is 5.78 Å². The number of carbonyl (C=O) groups excluding carboxylic acids is 3. The average Bonchev–Trinajstić information content (AvgIpc) is 2.61. The van der Waals surface area contributed by atoms with Crippen LogP contribution in [0.4, 0.5) is 0 Å². The summed E-state index contributed by atoms with van der Waals surface area (Å²) in [5.74, 6) is -3.36. The highest BCUT2D eigenvalue weighted by molar-refractivity contribution is 6.23. The molecule has 0 aromatic heterocycles. The molecule has 0 spiro atoms. The lowest BCUT2D eigenvalue weighted by Crippen LogP contribution is -2.54. The second kappa shape index (κ2) is 8.49. The van der Waals surface area contributed by atoms with Crippen molar-refractivity contribution in [2.75, 3.05) is 26.7 Å². The highest BCUT2D eigenvalue weighted by atomic mass is 35.5. The van der Waals surface area contributed by atoms with Gasteiger partial charge in [0.25, 0.3) is 0 Å². The van der Waals surface area contributed by atoms with Gasteiger partial charge in [0.05, 0.1) is 5.38 Å². The third-order valence-corrected chi connectivity index (χ3v) is 6.00. The number of nitrogens with zero attached hydrogens (tertiary/aromatic N) is 1. The number of ketones is 1. The van der Waals surface area contributed by atoms with Crippen molar-refractivity contribution < 1.29 is 34.1 Å². The molecule has 2 rings (SSSR count). The van der Waals surface area contributed by atoms with Gasteiger partial charge >= 0.3 is 11.9 Å². The van der Waals surface area contributed by atoms with Crippen molar-refractivity contribution in [2.45, 2.75) is 56.3 Å². The number of Topliss-reactive ketones (excluding diaryl/α,β-unsaturated/α-hetero) is 1. The molecule has 0 amide bonds. The Morgan fingerprint density at radius 1 is 1.29 bits per heavy atom. The molecule has 1 fully saturated rings. The molecule has 0 aliphatic carbocycles. The van der Waals surface area contributed by atoms with E-state index in [9.17, 15) is 24.6 Å². The summed E-state index contributed by atoms with van der Waals surface area (Å²) in [4.78, 5) is 40.0. The number of ether oxygens (including phenoxy) is 2. The van der Waals surface area contributed by atoms with Gasteiger partial charge in [-0.05, 0) is 33.2 Å². The van der Waals surface area contributed by atoms with Crippen molar-refractivity contribution in [3.63, 3.8) is 0 Å². The predicted octanol–water partition coefficient (Wildman–Crippen LogP) is 0.422. The number of hydrogen-bond donors (Lipinski definition) is 2. The van der Waals surface area contributed by atoms with Gasteiger partial charge < -0.3 is 24.6 Å². The van der Waals surface area contributed by atoms with Crippen LogP contribution in [0.3, 0.4) is 0 Å². The van der Waals surface area contributed by atoms with Crippen LogP contribution in [0.5, 0.6) is 0 Å². The van der Waals surface area contributed by atoms with Crippen LogP contribution >= 0.6 is 11.6 Å². The lowest BCUT2D eigenvalue weighted by Gasteiger charge is -2.37. The van der Waals surface area contributed by atoms with Gasteiger partial charge in [-0.1, -0.05) is 13.0 Å². The molecule has 1 unspecified atom stereocenters. The Morgan fingerprint density at radius 3 is 2.54 bits per heavy atom. The number of esters is 2. The maximum absolute atomic E-state index is 12.8. The Morgan fingerprint density at radius 2 is 1.93 bits per heavy atom. The van der Waals surface area contributed by atoms with Crippen LogP contribution in [0.15, 0.2) is 11.6 Å². The minimum absolute atomic E-state index is 0.171. The first-order valence-electron chi connectivity index (χ1n) is 9.28. The molecule has 0 radical (unpaired) electrons. The number of aliphatic hydroxyl groups is 2. The van der Waals surface area contributed by atoms with Gasteiger partial charge in [-0.25, -0.2) is 9.59 Å². The summed E-state index contributed by atoms with van der Waals surface area (Å²) in [6.07, 6.45) is 0.363. The molecule has 2 bridgehead atoms. The van der Waals surface area contributed by atoms with Crippen LogP contribution in [-0.2, 0) is 23.9 Å². The first-order valence-corrected chi connectivity index (χ1v) is 9.72. The SMILES string of the molecule is CC(Cl)[C@]1(O)C[C@@H](C)[C@@](C)(O)C(=O)OC/C2=C/CN(C)CC[C@@H](OC1=O)C2=O. The van der Waals surface area contributed by atoms with Gasteiger partial charge in [0.15, 0.2) is 17.3 Å². The van der Waals surface area contributed by atoms with E-state index in [1.54, 1.807) is 6.08 Å². The molecule has 0 saturated carbocycles. The van der Waals surface area contributed by atoms with Crippen LogP contribution in [0.2, 0.25) is 0 Å². The summed E-state index contributed by atoms with van der Waals surface area (Å²) >= 11 is 6.08. The molecule has 2 aliphatic rings. The second-order valence-corrected chi connectivity index (χ2v) is 8.56. The maximum Gasteiger partial charge on any atom is 0.340 e. The number of carbonyl (C=O) groups is 3. The fourth-order valence-corrected chi connectivity index (χ4v) is 3.35. The Hall–Kier alpha value is -1.48. The molecule has 0 aromatic carbocycles. The van der Waals surface area contributed by atoms with Crippen LogP contribution in [0, 0.1) is 5.92 Å². The Labute approximate surface area is 169 Å². The smallest absolute Gasteiger partial charge is 0.340 e. The zero-order valence-corrected chi connectivity index (χ0v) is 17.4. The molecule has 9 heteroatoms. The molecule has 2 heterocycles. The number of rotatable bonds is 1. The van der Waals surface area contributed by atoms with Crippen LogP contribution in [0.1, 0.15) is 33.6 Å². The van der Waals surface area contributed by atoms with E-state index in [0.717, 1.165) is 0 Å². The quantitative estimate of drug-likeness (QED) is 0.466. The van der Waals surface area contributed by atoms with Crippen molar-refractivity contribution in [1.82, 2.24) is 4.90 Å². The van der Waals surface area contributed by atoms with Crippen molar-refractivity contribution in [2.24, 2.45) is 5.92 Å². The molecule has 28 heavy (non-hydrogen) atoms. The zero-order valence-electron chi connectivity index (χ0n) is 16.6. The number of halogens is 1. The summed E-state index contributed by atoms with van der Waals surface area (Å²) in [5, 5.41) is 20.5. The topological polar surface area (TPSA) is 113 Å². The molecule has 2 aliphatic heterocycles. The maximum atomic E-state index is 12.8. The predicted molar refractivity (Wildman–Crippen MR) is 101 cm³/mol. The second-order valence-electron chi connectivity index (χ2n) is 7.91. The van der Waals surface area contributed by atoms with E-state index >= 15 is 0 Å². The fourth-order valence-electron chi connectivity index (χ4n) is 3.17. The van der Waals surface area contributed by atoms with Crippen molar-refractivity contribution in [3.8, 4) is 0 Å². The monoisotopic (exact) mass is 417 g/mol. The lowest BCUT2D eigenvalue weighted by atomic mass is 9.79. The molecule has 2 N–H and O–H groups in total. The normalized spacial score (nSPS) is 39.2. The molecular weight excluding hydrogens is 390 g/mol. The van der Waals surface area contributed by atoms with Crippen LogP contribution in [0.25, 0.3) is 0 Å². The van der Waals surface area contributed by atoms with Gasteiger partial charge in [-0.3, -0.25) is 4.79 Å². The largest absolute Gasteiger partial charge is 0.459 e. The van der Waals surface area contributed by atoms with Gasteiger partial charge in [0.1, 0.15) is 6.61 Å². The minimum Gasteiger partial charge on any atom is -0.459 e. The highest BCUT2D eigenvalue weighted by Gasteiger charge is 2.50. The van der Waals surface area contributed by atoms with Gasteiger partial charge in [-0.15, -0.1) is 11.6 Å². The van der Waals surface area contributed by atoms with Crippen molar-refractivity contribution >= 4 is 29.3 Å². The first-order chi connectivity index (χ1) is 12.9. The van der Waals surface area contributed by atoms with E-state index in [-0.39, 0.29) is 25.0 Å². The molecule has 158 valence electrons. The summed E-state index contributed by atoms with van der Waals surface area (Å²) < 4.78 is 10.6. The first kappa shape index (κ1) is 22.8. The highest BCUT2D eigenvalue weighted by Crippen LogP contribution is 2.33. The summed E-state index contributed by atoms with van der Waals surface area (Å²) in [5.41, 5.74) is -4.02. The Bertz CT molecular complexity index is 675. The van der Waals surface area contributed by atoms with E-state index in [0.29, 0.717) is 13.1 Å². The Kier molecular flexibility index (Phi) is 6.91. The van der Waals surface area contributed by atoms with E-state index in [1.807, 2.05) is 11.9 Å². The van der Waals surface area contributed by atoms with E-state index in [2.05, 4.69) is 0 Å². The summed E-state index contributed by atoms with van der Waals surface area (Å²) in [6, 6.07) is 0. The van der Waals surface area contributed by atoms with Crippen LogP contribution in [-0.4, -0.2) is 82.3 Å². The van der Waals surface area contributed by atoms with Crippen LogP contribution < -0.4 is 0 Å².